The van der Waals surface area contributed by atoms with Crippen molar-refractivity contribution in [1.82, 2.24) is 15.2 Å². The first-order valence-electron chi connectivity index (χ1n) is 8.18. The number of hydrogen-bond donors (Lipinski definition) is 1. The molecule has 1 amide bonds. The van der Waals surface area contributed by atoms with Gasteiger partial charge in [-0.2, -0.15) is 0 Å². The number of aromatic nitrogens is 1. The number of nitrogens with one attached hydrogen (secondary N) is 1. The summed E-state index contributed by atoms with van der Waals surface area (Å²) in [6, 6.07) is 9.89. The first-order valence-corrected chi connectivity index (χ1v) is 9.06. The molecule has 1 aliphatic heterocycles. The third-order valence-electron chi connectivity index (χ3n) is 4.38. The Morgan fingerprint density at radius 1 is 1.35 bits per heavy atom. The standard InChI is InChI=1S/C18H23N3OS/c1-14-7-10-21(11-8-14)13-16(22)20-17(18-19-9-12-23-18)15-5-3-2-4-6-15/h2-6,9,12,14,17H,7-8,10-11,13H2,1H3,(H,20,22)/t17-/m0/s1. The van der Waals surface area contributed by atoms with E-state index in [-0.39, 0.29) is 11.9 Å². The molecule has 1 fully saturated rings. The molecule has 0 aliphatic carbocycles. The Balaban J connectivity index is 1.65. The monoisotopic (exact) mass is 329 g/mol. The smallest absolute Gasteiger partial charge is 0.235 e. The molecular formula is C18H23N3OS. The third-order valence-corrected chi connectivity index (χ3v) is 5.22. The van der Waals surface area contributed by atoms with Crippen molar-refractivity contribution in [3.63, 3.8) is 0 Å². The molecule has 1 aliphatic rings. The zero-order chi connectivity index (χ0) is 16.1. The second-order valence-electron chi connectivity index (χ2n) is 6.24. The zero-order valence-corrected chi connectivity index (χ0v) is 14.3. The summed E-state index contributed by atoms with van der Waals surface area (Å²) in [5, 5.41) is 6.04. The van der Waals surface area contributed by atoms with E-state index in [1.165, 1.54) is 12.8 Å². The van der Waals surface area contributed by atoms with Crippen molar-refractivity contribution in [2.24, 2.45) is 5.92 Å². The lowest BCUT2D eigenvalue weighted by Gasteiger charge is -2.30. The van der Waals surface area contributed by atoms with Gasteiger partial charge in [0.05, 0.1) is 6.54 Å². The van der Waals surface area contributed by atoms with E-state index in [4.69, 9.17) is 0 Å². The molecule has 0 saturated carbocycles. The normalized spacial score (nSPS) is 17.8. The van der Waals surface area contributed by atoms with Gasteiger partial charge in [-0.25, -0.2) is 4.98 Å². The molecule has 1 aromatic carbocycles. The molecular weight excluding hydrogens is 306 g/mol. The van der Waals surface area contributed by atoms with Crippen LogP contribution in [-0.2, 0) is 4.79 Å². The Kier molecular flexibility index (Phi) is 5.41. The zero-order valence-electron chi connectivity index (χ0n) is 13.4. The summed E-state index contributed by atoms with van der Waals surface area (Å²) in [6.45, 7) is 4.79. The summed E-state index contributed by atoms with van der Waals surface area (Å²) in [6.07, 6.45) is 4.15. The van der Waals surface area contributed by atoms with Gasteiger partial charge >= 0.3 is 0 Å². The predicted molar refractivity (Wildman–Crippen MR) is 93.4 cm³/mol. The lowest BCUT2D eigenvalue weighted by Crippen LogP contribution is -2.42. The number of amides is 1. The number of nitrogens with zero attached hydrogens (tertiary/aromatic N) is 2. The largest absolute Gasteiger partial charge is 0.342 e. The van der Waals surface area contributed by atoms with Gasteiger partial charge in [0.2, 0.25) is 5.91 Å². The van der Waals surface area contributed by atoms with Crippen molar-refractivity contribution < 1.29 is 4.79 Å². The van der Waals surface area contributed by atoms with Crippen LogP contribution in [-0.4, -0.2) is 35.4 Å². The molecule has 122 valence electrons. The maximum atomic E-state index is 12.5. The van der Waals surface area contributed by atoms with Crippen LogP contribution in [0.3, 0.4) is 0 Å². The maximum Gasteiger partial charge on any atom is 0.235 e. The number of carbonyl (C=O) groups excluding carboxylic acids is 1. The van der Waals surface area contributed by atoms with E-state index < -0.39 is 0 Å². The fourth-order valence-electron chi connectivity index (χ4n) is 2.94. The molecule has 0 radical (unpaired) electrons. The quantitative estimate of drug-likeness (QED) is 0.917. The molecule has 0 unspecified atom stereocenters. The van der Waals surface area contributed by atoms with Gasteiger partial charge in [0.1, 0.15) is 11.0 Å². The topological polar surface area (TPSA) is 45.2 Å². The number of thiazole rings is 1. The van der Waals surface area contributed by atoms with Crippen LogP contribution in [0.15, 0.2) is 41.9 Å². The number of rotatable bonds is 5. The fourth-order valence-corrected chi connectivity index (χ4v) is 3.65. The minimum atomic E-state index is -0.160. The predicted octanol–water partition coefficient (Wildman–Crippen LogP) is 3.08. The molecule has 3 rings (SSSR count). The highest BCUT2D eigenvalue weighted by Gasteiger charge is 2.22. The Morgan fingerprint density at radius 2 is 2.09 bits per heavy atom. The van der Waals surface area contributed by atoms with Gasteiger partial charge in [-0.1, -0.05) is 37.3 Å². The van der Waals surface area contributed by atoms with Crippen molar-refractivity contribution in [3.8, 4) is 0 Å². The number of hydrogen-bond acceptors (Lipinski definition) is 4. The minimum absolute atomic E-state index is 0.0728. The number of benzene rings is 1. The van der Waals surface area contributed by atoms with Crippen LogP contribution >= 0.6 is 11.3 Å². The molecule has 23 heavy (non-hydrogen) atoms. The molecule has 1 N–H and O–H groups in total. The van der Waals surface area contributed by atoms with Crippen molar-refractivity contribution in [1.29, 1.82) is 0 Å². The summed E-state index contributed by atoms with van der Waals surface area (Å²) >= 11 is 1.57. The van der Waals surface area contributed by atoms with E-state index in [1.807, 2.05) is 35.7 Å². The number of piperidine rings is 1. The van der Waals surface area contributed by atoms with Gasteiger partial charge in [-0.3, -0.25) is 9.69 Å². The van der Waals surface area contributed by atoms with E-state index in [0.717, 1.165) is 29.6 Å². The lowest BCUT2D eigenvalue weighted by atomic mass is 9.99. The van der Waals surface area contributed by atoms with Crippen LogP contribution in [0.1, 0.15) is 36.4 Å². The molecule has 4 nitrogen and oxygen atoms in total. The summed E-state index contributed by atoms with van der Waals surface area (Å²) in [7, 11) is 0. The minimum Gasteiger partial charge on any atom is -0.342 e. The highest BCUT2D eigenvalue weighted by atomic mass is 32.1. The second-order valence-corrected chi connectivity index (χ2v) is 7.17. The van der Waals surface area contributed by atoms with Crippen molar-refractivity contribution in [2.45, 2.75) is 25.8 Å². The first-order chi connectivity index (χ1) is 11.2. The lowest BCUT2D eigenvalue weighted by molar-refractivity contribution is -0.123. The summed E-state index contributed by atoms with van der Waals surface area (Å²) in [5.74, 6) is 0.852. The third kappa shape index (κ3) is 4.39. The van der Waals surface area contributed by atoms with Crippen LogP contribution < -0.4 is 5.32 Å². The average molecular weight is 329 g/mol. The molecule has 1 atom stereocenters. The van der Waals surface area contributed by atoms with Gasteiger partial charge < -0.3 is 5.32 Å². The fraction of sp³-hybridized carbons (Fsp3) is 0.444. The SMILES string of the molecule is CC1CCN(CC(=O)N[C@@H](c2ccccc2)c2nccs2)CC1. The number of likely N-dealkylation sites (tertiary alicyclic amines) is 1. The maximum absolute atomic E-state index is 12.5. The van der Waals surface area contributed by atoms with Gasteiger partial charge in [-0.05, 0) is 37.4 Å². The van der Waals surface area contributed by atoms with Crippen LogP contribution in [0, 0.1) is 5.92 Å². The molecule has 5 heteroatoms. The molecule has 2 heterocycles. The second kappa shape index (κ2) is 7.70. The van der Waals surface area contributed by atoms with E-state index in [9.17, 15) is 4.79 Å². The summed E-state index contributed by atoms with van der Waals surface area (Å²) in [4.78, 5) is 19.1. The summed E-state index contributed by atoms with van der Waals surface area (Å²) < 4.78 is 0. The van der Waals surface area contributed by atoms with Crippen LogP contribution in [0.2, 0.25) is 0 Å². The highest BCUT2D eigenvalue weighted by molar-refractivity contribution is 7.09. The van der Waals surface area contributed by atoms with Crippen LogP contribution in [0.25, 0.3) is 0 Å². The molecule has 0 bridgehead atoms. The first kappa shape index (κ1) is 16.1. The Labute approximate surface area is 141 Å². The molecule has 2 aromatic rings. The number of carbonyl (C=O) groups is 1. The van der Waals surface area contributed by atoms with E-state index >= 15 is 0 Å². The Morgan fingerprint density at radius 3 is 2.74 bits per heavy atom. The van der Waals surface area contributed by atoms with Gasteiger partial charge in [-0.15, -0.1) is 11.3 Å². The summed E-state index contributed by atoms with van der Waals surface area (Å²) in [5.41, 5.74) is 1.07. The van der Waals surface area contributed by atoms with Gasteiger partial charge in [0, 0.05) is 11.6 Å². The van der Waals surface area contributed by atoms with Crippen molar-refractivity contribution >= 4 is 17.2 Å². The van der Waals surface area contributed by atoms with E-state index in [1.54, 1.807) is 17.5 Å². The van der Waals surface area contributed by atoms with Crippen molar-refractivity contribution in [3.05, 3.63) is 52.5 Å². The average Bonchev–Trinajstić information content (AvgIpc) is 3.10. The van der Waals surface area contributed by atoms with E-state index in [0.29, 0.717) is 6.54 Å². The molecule has 0 spiro atoms. The highest BCUT2D eigenvalue weighted by Crippen LogP contribution is 2.23. The van der Waals surface area contributed by atoms with E-state index in [2.05, 4.69) is 22.1 Å². The van der Waals surface area contributed by atoms with Crippen LogP contribution in [0.5, 0.6) is 0 Å². The van der Waals surface area contributed by atoms with Gasteiger partial charge in [0.25, 0.3) is 0 Å². The Hall–Kier alpha value is -1.72. The molecule has 1 aromatic heterocycles. The van der Waals surface area contributed by atoms with Gasteiger partial charge in [0.15, 0.2) is 0 Å². The van der Waals surface area contributed by atoms with Crippen LogP contribution in [0.4, 0.5) is 0 Å². The van der Waals surface area contributed by atoms with Crippen molar-refractivity contribution in [2.75, 3.05) is 19.6 Å². The molecule has 1 saturated heterocycles. The Bertz CT molecular complexity index is 606.